The molecule has 3 N–H and O–H groups in total. The SMILES string of the molecule is C#Cc1ccc(C(C(=O)NCc2ccccc2)N(CCO)C(=O)CNC(=O)OC(C)(C)C)cc1. The lowest BCUT2D eigenvalue weighted by Crippen LogP contribution is -2.48. The fourth-order valence-corrected chi connectivity index (χ4v) is 3.19. The summed E-state index contributed by atoms with van der Waals surface area (Å²) >= 11 is 0. The normalized spacial score (nSPS) is 11.6. The monoisotopic (exact) mass is 465 g/mol. The van der Waals surface area contributed by atoms with Gasteiger partial charge in [-0.3, -0.25) is 9.59 Å². The molecule has 2 rings (SSSR count). The minimum atomic E-state index is -1.05. The van der Waals surface area contributed by atoms with Crippen LogP contribution < -0.4 is 10.6 Å². The summed E-state index contributed by atoms with van der Waals surface area (Å²) in [5.41, 5.74) is 1.31. The van der Waals surface area contributed by atoms with E-state index in [0.717, 1.165) is 5.56 Å². The molecule has 180 valence electrons. The summed E-state index contributed by atoms with van der Waals surface area (Å²) in [5.74, 6) is 1.53. The quantitative estimate of drug-likeness (QED) is 0.493. The summed E-state index contributed by atoms with van der Waals surface area (Å²) in [4.78, 5) is 39.6. The van der Waals surface area contributed by atoms with Gasteiger partial charge in [-0.15, -0.1) is 6.42 Å². The number of terminal acetylenes is 1. The molecule has 0 fully saturated rings. The maximum absolute atomic E-state index is 13.3. The average Bonchev–Trinajstić information content (AvgIpc) is 2.81. The highest BCUT2D eigenvalue weighted by Crippen LogP contribution is 2.22. The molecule has 2 aromatic carbocycles. The number of carbonyl (C=O) groups is 3. The van der Waals surface area contributed by atoms with E-state index in [-0.39, 0.29) is 19.7 Å². The first-order valence-corrected chi connectivity index (χ1v) is 10.9. The number of benzene rings is 2. The summed E-state index contributed by atoms with van der Waals surface area (Å²) in [5, 5.41) is 14.9. The van der Waals surface area contributed by atoms with E-state index in [9.17, 15) is 19.5 Å². The van der Waals surface area contributed by atoms with Crippen molar-refractivity contribution >= 4 is 17.9 Å². The van der Waals surface area contributed by atoms with E-state index in [2.05, 4.69) is 16.6 Å². The summed E-state index contributed by atoms with van der Waals surface area (Å²) in [6.45, 7) is 4.49. The number of aliphatic hydroxyl groups is 1. The van der Waals surface area contributed by atoms with E-state index >= 15 is 0 Å². The van der Waals surface area contributed by atoms with Crippen LogP contribution in [0.2, 0.25) is 0 Å². The van der Waals surface area contributed by atoms with Crippen molar-refractivity contribution in [1.82, 2.24) is 15.5 Å². The lowest BCUT2D eigenvalue weighted by atomic mass is 10.0. The molecule has 0 aliphatic carbocycles. The van der Waals surface area contributed by atoms with Crippen LogP contribution in [0.3, 0.4) is 0 Å². The lowest BCUT2D eigenvalue weighted by Gasteiger charge is -2.31. The molecule has 34 heavy (non-hydrogen) atoms. The summed E-state index contributed by atoms with van der Waals surface area (Å²) in [6.07, 6.45) is 4.68. The third-order valence-corrected chi connectivity index (χ3v) is 4.71. The maximum atomic E-state index is 13.3. The molecule has 1 unspecified atom stereocenters. The molecule has 8 heteroatoms. The molecule has 0 bridgehead atoms. The van der Waals surface area contributed by atoms with Crippen LogP contribution >= 0.6 is 0 Å². The molecule has 2 aromatic rings. The molecular formula is C26H31N3O5. The second-order valence-electron chi connectivity index (χ2n) is 8.54. The van der Waals surface area contributed by atoms with Gasteiger partial charge in [-0.2, -0.15) is 0 Å². The van der Waals surface area contributed by atoms with Crippen molar-refractivity contribution in [2.75, 3.05) is 19.7 Å². The van der Waals surface area contributed by atoms with Crippen LogP contribution in [0, 0.1) is 12.3 Å². The zero-order valence-corrected chi connectivity index (χ0v) is 19.7. The standard InChI is InChI=1S/C26H31N3O5/c1-5-19-11-13-21(14-12-19)23(24(32)27-17-20-9-7-6-8-10-20)29(15-16-30)22(31)18-28-25(33)34-26(2,3)4/h1,6-14,23,30H,15-18H2,2-4H3,(H,27,32)(H,28,33). The molecule has 0 saturated carbocycles. The van der Waals surface area contributed by atoms with Gasteiger partial charge in [0.05, 0.1) is 6.61 Å². The van der Waals surface area contributed by atoms with Gasteiger partial charge in [0.25, 0.3) is 0 Å². The summed E-state index contributed by atoms with van der Waals surface area (Å²) in [7, 11) is 0. The summed E-state index contributed by atoms with van der Waals surface area (Å²) in [6, 6.07) is 15.0. The van der Waals surface area contributed by atoms with Crippen molar-refractivity contribution in [3.63, 3.8) is 0 Å². The molecule has 0 radical (unpaired) electrons. The molecule has 0 heterocycles. The van der Waals surface area contributed by atoms with Crippen LogP contribution in [0.1, 0.15) is 43.5 Å². The number of aliphatic hydroxyl groups excluding tert-OH is 1. The molecule has 1 atom stereocenters. The molecular weight excluding hydrogens is 434 g/mol. The van der Waals surface area contributed by atoms with E-state index in [1.54, 1.807) is 45.0 Å². The van der Waals surface area contributed by atoms with Crippen LogP contribution in [-0.4, -0.2) is 53.2 Å². The Morgan fingerprint density at radius 1 is 1.06 bits per heavy atom. The number of amides is 3. The largest absolute Gasteiger partial charge is 0.444 e. The second-order valence-corrected chi connectivity index (χ2v) is 8.54. The van der Waals surface area contributed by atoms with E-state index in [0.29, 0.717) is 11.1 Å². The van der Waals surface area contributed by atoms with Crippen molar-refractivity contribution < 1.29 is 24.2 Å². The summed E-state index contributed by atoms with van der Waals surface area (Å²) < 4.78 is 5.17. The lowest BCUT2D eigenvalue weighted by molar-refractivity contribution is -0.140. The second kappa shape index (κ2) is 12.4. The highest BCUT2D eigenvalue weighted by molar-refractivity contribution is 5.90. The van der Waals surface area contributed by atoms with E-state index in [1.165, 1.54) is 4.90 Å². The minimum absolute atomic E-state index is 0.116. The molecule has 8 nitrogen and oxygen atoms in total. The predicted molar refractivity (Wildman–Crippen MR) is 128 cm³/mol. The van der Waals surface area contributed by atoms with Crippen LogP contribution in [0.5, 0.6) is 0 Å². The van der Waals surface area contributed by atoms with Gasteiger partial charge >= 0.3 is 6.09 Å². The minimum Gasteiger partial charge on any atom is -0.444 e. The number of hydrogen-bond acceptors (Lipinski definition) is 5. The molecule has 0 aliphatic heterocycles. The fraction of sp³-hybridized carbons (Fsp3) is 0.346. The highest BCUT2D eigenvalue weighted by Gasteiger charge is 2.31. The first-order chi connectivity index (χ1) is 16.1. The van der Waals surface area contributed by atoms with Crippen molar-refractivity contribution in [1.29, 1.82) is 0 Å². The van der Waals surface area contributed by atoms with Crippen molar-refractivity contribution in [2.24, 2.45) is 0 Å². The predicted octanol–water partition coefficient (Wildman–Crippen LogP) is 2.37. The van der Waals surface area contributed by atoms with Gasteiger partial charge in [0.2, 0.25) is 11.8 Å². The Bertz CT molecular complexity index is 1010. The van der Waals surface area contributed by atoms with Crippen molar-refractivity contribution in [3.8, 4) is 12.3 Å². The van der Waals surface area contributed by atoms with Gasteiger partial charge in [-0.25, -0.2) is 4.79 Å². The smallest absolute Gasteiger partial charge is 0.408 e. The van der Waals surface area contributed by atoms with Crippen molar-refractivity contribution in [3.05, 3.63) is 71.3 Å². The number of nitrogens with zero attached hydrogens (tertiary/aromatic N) is 1. The zero-order valence-electron chi connectivity index (χ0n) is 19.7. The van der Waals surface area contributed by atoms with E-state index < -0.39 is 36.1 Å². The number of alkyl carbamates (subject to hydrolysis) is 1. The Morgan fingerprint density at radius 3 is 2.26 bits per heavy atom. The Labute approximate surface area is 200 Å². The van der Waals surface area contributed by atoms with E-state index in [4.69, 9.17) is 11.2 Å². The van der Waals surface area contributed by atoms with Gasteiger partial charge in [0.15, 0.2) is 0 Å². The van der Waals surface area contributed by atoms with E-state index in [1.807, 2.05) is 30.3 Å². The molecule has 0 aromatic heterocycles. The molecule has 0 spiro atoms. The van der Waals surface area contributed by atoms with Crippen LogP contribution in [0.15, 0.2) is 54.6 Å². The zero-order chi connectivity index (χ0) is 25.1. The number of hydrogen-bond donors (Lipinski definition) is 3. The number of nitrogens with one attached hydrogen (secondary N) is 2. The molecule has 0 saturated heterocycles. The van der Waals surface area contributed by atoms with Crippen molar-refractivity contribution in [2.45, 2.75) is 39.0 Å². The van der Waals surface area contributed by atoms with Crippen LogP contribution in [0.25, 0.3) is 0 Å². The first-order valence-electron chi connectivity index (χ1n) is 10.9. The van der Waals surface area contributed by atoms with Gasteiger partial charge < -0.3 is 25.4 Å². The van der Waals surface area contributed by atoms with Crippen LogP contribution in [-0.2, 0) is 20.9 Å². The van der Waals surface area contributed by atoms with Gasteiger partial charge in [-0.1, -0.05) is 48.4 Å². The topological polar surface area (TPSA) is 108 Å². The van der Waals surface area contributed by atoms with Crippen LogP contribution in [0.4, 0.5) is 4.79 Å². The Morgan fingerprint density at radius 2 is 1.71 bits per heavy atom. The third-order valence-electron chi connectivity index (χ3n) is 4.71. The Balaban J connectivity index is 2.26. The fourth-order valence-electron chi connectivity index (χ4n) is 3.19. The average molecular weight is 466 g/mol. The number of ether oxygens (including phenoxy) is 1. The Hall–Kier alpha value is -3.83. The van der Waals surface area contributed by atoms with Gasteiger partial charge in [0.1, 0.15) is 18.2 Å². The number of carbonyl (C=O) groups excluding carboxylic acids is 3. The highest BCUT2D eigenvalue weighted by atomic mass is 16.6. The number of rotatable bonds is 9. The molecule has 3 amide bonds. The third kappa shape index (κ3) is 8.26. The molecule has 0 aliphatic rings. The van der Waals surface area contributed by atoms with Gasteiger partial charge in [0, 0.05) is 18.7 Å². The maximum Gasteiger partial charge on any atom is 0.408 e. The van der Waals surface area contributed by atoms with Gasteiger partial charge in [-0.05, 0) is 44.0 Å². The first kappa shape index (κ1) is 26.4. The Kier molecular flexibility index (Phi) is 9.65.